The number of aromatic nitrogens is 2. The molecule has 20 heavy (non-hydrogen) atoms. The van der Waals surface area contributed by atoms with Crippen molar-refractivity contribution in [2.75, 3.05) is 0 Å². The first-order valence-corrected chi connectivity index (χ1v) is 6.82. The molecule has 2 nitrogen and oxygen atoms in total. The van der Waals surface area contributed by atoms with Crippen molar-refractivity contribution in [3.63, 3.8) is 0 Å². The van der Waals surface area contributed by atoms with E-state index in [1.807, 2.05) is 48.5 Å². The summed E-state index contributed by atoms with van der Waals surface area (Å²) in [5.41, 5.74) is 3.52. The molecule has 1 heterocycles. The zero-order valence-corrected chi connectivity index (χ0v) is 11.9. The van der Waals surface area contributed by atoms with E-state index in [0.29, 0.717) is 10.0 Å². The summed E-state index contributed by atoms with van der Waals surface area (Å²) in [5.74, 6) is 0. The Kier molecular flexibility index (Phi) is 3.68. The van der Waals surface area contributed by atoms with E-state index in [2.05, 4.69) is 9.97 Å². The fraction of sp³-hybridized carbons (Fsp3) is 0. The molecule has 0 radical (unpaired) electrons. The molecule has 2 aromatic carbocycles. The monoisotopic (exact) mass is 300 g/mol. The minimum Gasteiger partial charge on any atom is -0.252 e. The summed E-state index contributed by atoms with van der Waals surface area (Å²) in [7, 11) is 0. The lowest BCUT2D eigenvalue weighted by molar-refractivity contribution is 1.21. The number of hydrogen-bond donors (Lipinski definition) is 0. The van der Waals surface area contributed by atoms with Crippen molar-refractivity contribution in [3.8, 4) is 22.5 Å². The summed E-state index contributed by atoms with van der Waals surface area (Å²) in [6.07, 6.45) is 3.35. The van der Waals surface area contributed by atoms with Gasteiger partial charge in [0.15, 0.2) is 0 Å². The lowest BCUT2D eigenvalue weighted by atomic mass is 10.0. The number of rotatable bonds is 2. The molecule has 3 rings (SSSR count). The highest BCUT2D eigenvalue weighted by atomic mass is 35.5. The van der Waals surface area contributed by atoms with Gasteiger partial charge >= 0.3 is 0 Å². The van der Waals surface area contributed by atoms with Gasteiger partial charge in [-0.3, -0.25) is 9.97 Å². The van der Waals surface area contributed by atoms with Gasteiger partial charge in [-0.2, -0.15) is 0 Å². The maximum Gasteiger partial charge on any atom is 0.0965 e. The molecule has 0 fully saturated rings. The molecular weight excluding hydrogens is 291 g/mol. The van der Waals surface area contributed by atoms with Crippen molar-refractivity contribution in [3.05, 3.63) is 71.0 Å². The van der Waals surface area contributed by atoms with E-state index in [9.17, 15) is 0 Å². The van der Waals surface area contributed by atoms with Gasteiger partial charge in [-0.1, -0.05) is 47.5 Å². The van der Waals surface area contributed by atoms with Crippen molar-refractivity contribution in [1.82, 2.24) is 9.97 Å². The summed E-state index contributed by atoms with van der Waals surface area (Å²) >= 11 is 12.0. The average Bonchev–Trinajstić information content (AvgIpc) is 2.48. The molecule has 0 saturated heterocycles. The smallest absolute Gasteiger partial charge is 0.0965 e. The van der Waals surface area contributed by atoms with Crippen LogP contribution in [0.15, 0.2) is 60.9 Å². The third kappa shape index (κ3) is 2.67. The molecule has 98 valence electrons. The van der Waals surface area contributed by atoms with E-state index < -0.39 is 0 Å². The molecule has 0 unspecified atom stereocenters. The molecule has 0 N–H and O–H groups in total. The van der Waals surface area contributed by atoms with Crippen LogP contribution in [0.1, 0.15) is 0 Å². The van der Waals surface area contributed by atoms with Crippen LogP contribution in [-0.4, -0.2) is 9.97 Å². The number of hydrogen-bond acceptors (Lipinski definition) is 2. The van der Waals surface area contributed by atoms with Gasteiger partial charge in [-0.05, 0) is 24.3 Å². The SMILES string of the molecule is Clc1ccc(-c2nccnc2-c2cccc(Cl)c2)cc1. The lowest BCUT2D eigenvalue weighted by Gasteiger charge is -2.08. The summed E-state index contributed by atoms with van der Waals surface area (Å²) in [5, 5.41) is 1.37. The van der Waals surface area contributed by atoms with Gasteiger partial charge in [0.1, 0.15) is 0 Å². The predicted molar refractivity (Wildman–Crippen MR) is 82.9 cm³/mol. The van der Waals surface area contributed by atoms with Crippen LogP contribution < -0.4 is 0 Å². The Hall–Kier alpha value is -1.90. The minimum atomic E-state index is 0.676. The van der Waals surface area contributed by atoms with Gasteiger partial charge in [0.05, 0.1) is 11.4 Å². The first-order valence-electron chi connectivity index (χ1n) is 6.07. The van der Waals surface area contributed by atoms with E-state index in [1.54, 1.807) is 12.4 Å². The predicted octanol–water partition coefficient (Wildman–Crippen LogP) is 5.12. The molecule has 0 aliphatic rings. The second kappa shape index (κ2) is 5.61. The van der Waals surface area contributed by atoms with Gasteiger partial charge in [-0.25, -0.2) is 0 Å². The van der Waals surface area contributed by atoms with Crippen LogP contribution in [0.3, 0.4) is 0 Å². The Morgan fingerprint density at radius 1 is 0.650 bits per heavy atom. The number of halogens is 2. The largest absolute Gasteiger partial charge is 0.252 e. The van der Waals surface area contributed by atoms with Crippen LogP contribution in [0.4, 0.5) is 0 Å². The standard InChI is InChI=1S/C16H10Cl2N2/c17-13-6-4-11(5-7-13)15-16(20-9-8-19-15)12-2-1-3-14(18)10-12/h1-10H. The zero-order valence-electron chi connectivity index (χ0n) is 10.4. The van der Waals surface area contributed by atoms with E-state index in [-0.39, 0.29) is 0 Å². The molecular formula is C16H10Cl2N2. The Morgan fingerprint density at radius 3 is 1.95 bits per heavy atom. The van der Waals surface area contributed by atoms with Crippen LogP contribution in [0.2, 0.25) is 10.0 Å². The summed E-state index contributed by atoms with van der Waals surface area (Å²) in [4.78, 5) is 8.87. The summed E-state index contributed by atoms with van der Waals surface area (Å²) in [6.45, 7) is 0. The third-order valence-corrected chi connectivity index (χ3v) is 3.40. The molecule has 0 aliphatic carbocycles. The van der Waals surface area contributed by atoms with Crippen LogP contribution in [-0.2, 0) is 0 Å². The van der Waals surface area contributed by atoms with Crippen LogP contribution >= 0.6 is 23.2 Å². The fourth-order valence-electron chi connectivity index (χ4n) is 2.00. The van der Waals surface area contributed by atoms with E-state index in [1.165, 1.54) is 0 Å². The first kappa shape index (κ1) is 13.1. The van der Waals surface area contributed by atoms with Gasteiger partial charge in [-0.15, -0.1) is 0 Å². The molecule has 0 bridgehead atoms. The molecule has 4 heteroatoms. The number of nitrogens with zero attached hydrogens (tertiary/aromatic N) is 2. The van der Waals surface area contributed by atoms with Crippen molar-refractivity contribution in [2.24, 2.45) is 0 Å². The quantitative estimate of drug-likeness (QED) is 0.656. The van der Waals surface area contributed by atoms with E-state index in [4.69, 9.17) is 23.2 Å². The lowest BCUT2D eigenvalue weighted by Crippen LogP contribution is -1.92. The van der Waals surface area contributed by atoms with Gasteiger partial charge in [0.2, 0.25) is 0 Å². The minimum absolute atomic E-state index is 0.676. The third-order valence-electron chi connectivity index (χ3n) is 2.91. The fourth-order valence-corrected chi connectivity index (χ4v) is 2.32. The number of benzene rings is 2. The average molecular weight is 301 g/mol. The van der Waals surface area contributed by atoms with Gasteiger partial charge < -0.3 is 0 Å². The molecule has 0 aliphatic heterocycles. The molecule has 0 atom stereocenters. The first-order chi connectivity index (χ1) is 9.74. The molecule has 0 saturated carbocycles. The highest BCUT2D eigenvalue weighted by molar-refractivity contribution is 6.31. The highest BCUT2D eigenvalue weighted by Crippen LogP contribution is 2.30. The Labute approximate surface area is 127 Å². The van der Waals surface area contributed by atoms with Crippen LogP contribution in [0.25, 0.3) is 22.5 Å². The maximum absolute atomic E-state index is 6.05. The molecule has 0 spiro atoms. The molecule has 3 aromatic rings. The molecule has 1 aromatic heterocycles. The zero-order chi connectivity index (χ0) is 13.9. The Bertz CT molecular complexity index is 739. The topological polar surface area (TPSA) is 25.8 Å². The Morgan fingerprint density at radius 2 is 1.30 bits per heavy atom. The van der Waals surface area contributed by atoms with Gasteiger partial charge in [0.25, 0.3) is 0 Å². The van der Waals surface area contributed by atoms with Gasteiger partial charge in [0, 0.05) is 33.6 Å². The highest BCUT2D eigenvalue weighted by Gasteiger charge is 2.10. The Balaban J connectivity index is 2.16. The van der Waals surface area contributed by atoms with Crippen LogP contribution in [0, 0.1) is 0 Å². The second-order valence-corrected chi connectivity index (χ2v) is 5.14. The summed E-state index contributed by atoms with van der Waals surface area (Å²) in [6, 6.07) is 15.1. The van der Waals surface area contributed by atoms with Crippen molar-refractivity contribution in [1.29, 1.82) is 0 Å². The maximum atomic E-state index is 6.05. The van der Waals surface area contributed by atoms with Crippen molar-refractivity contribution < 1.29 is 0 Å². The van der Waals surface area contributed by atoms with Crippen molar-refractivity contribution in [2.45, 2.75) is 0 Å². The summed E-state index contributed by atoms with van der Waals surface area (Å²) < 4.78 is 0. The van der Waals surface area contributed by atoms with Crippen molar-refractivity contribution >= 4 is 23.2 Å². The van der Waals surface area contributed by atoms with E-state index >= 15 is 0 Å². The second-order valence-electron chi connectivity index (χ2n) is 4.27. The normalized spacial score (nSPS) is 10.5. The molecule has 0 amide bonds. The van der Waals surface area contributed by atoms with Crippen LogP contribution in [0.5, 0.6) is 0 Å². The van der Waals surface area contributed by atoms with E-state index in [0.717, 1.165) is 22.5 Å².